The molecule has 1 unspecified atom stereocenters. The van der Waals surface area contributed by atoms with Gasteiger partial charge in [0, 0.05) is 29.9 Å². The number of esters is 1. The Morgan fingerprint density at radius 2 is 1.86 bits per heavy atom. The van der Waals surface area contributed by atoms with Crippen LogP contribution >= 0.6 is 0 Å². The SMILES string of the molecule is CCOC(=O)c1[nH]c(C)c(/C(O)=C2\C(=O)C(=O)N(CCCN(C)C)C2c2ccc([N+](=O)[O-])cc2)c1C. The average molecular weight is 499 g/mol. The number of aromatic nitrogens is 1. The third-order valence-corrected chi connectivity index (χ3v) is 6.12. The van der Waals surface area contributed by atoms with Crippen molar-refractivity contribution in [3.63, 3.8) is 0 Å². The largest absolute Gasteiger partial charge is 0.507 e. The monoisotopic (exact) mass is 498 g/mol. The number of ketones is 1. The number of benzene rings is 1. The van der Waals surface area contributed by atoms with Gasteiger partial charge in [0.2, 0.25) is 0 Å². The summed E-state index contributed by atoms with van der Waals surface area (Å²) in [5, 5.41) is 22.5. The van der Waals surface area contributed by atoms with E-state index in [0.717, 1.165) is 0 Å². The lowest BCUT2D eigenvalue weighted by Gasteiger charge is -2.26. The summed E-state index contributed by atoms with van der Waals surface area (Å²) in [6, 6.07) is 4.58. The number of hydrogen-bond donors (Lipinski definition) is 2. The molecule has 0 spiro atoms. The summed E-state index contributed by atoms with van der Waals surface area (Å²) < 4.78 is 5.07. The van der Waals surface area contributed by atoms with Crippen LogP contribution in [0.2, 0.25) is 0 Å². The number of nitrogens with one attached hydrogen (secondary N) is 1. The molecule has 192 valence electrons. The predicted molar refractivity (Wildman–Crippen MR) is 132 cm³/mol. The Bertz CT molecular complexity index is 1230. The number of carbonyl (C=O) groups is 3. The van der Waals surface area contributed by atoms with Gasteiger partial charge in [-0.2, -0.15) is 0 Å². The summed E-state index contributed by atoms with van der Waals surface area (Å²) >= 11 is 0. The van der Waals surface area contributed by atoms with Crippen molar-refractivity contribution in [1.29, 1.82) is 0 Å². The van der Waals surface area contributed by atoms with E-state index in [1.165, 1.54) is 29.2 Å². The number of Topliss-reactive ketones (excluding diaryl/α,β-unsaturated/α-hetero) is 1. The Kier molecular flexibility index (Phi) is 7.93. The molecule has 0 bridgehead atoms. The fourth-order valence-electron chi connectivity index (χ4n) is 4.44. The normalized spacial score (nSPS) is 17.2. The highest BCUT2D eigenvalue weighted by atomic mass is 16.6. The number of H-pyrrole nitrogens is 1. The molecule has 36 heavy (non-hydrogen) atoms. The Hall–Kier alpha value is -3.99. The van der Waals surface area contributed by atoms with Crippen molar-refractivity contribution in [3.05, 3.63) is 68.0 Å². The first-order valence-electron chi connectivity index (χ1n) is 11.5. The maximum atomic E-state index is 13.2. The summed E-state index contributed by atoms with van der Waals surface area (Å²) in [5.74, 6) is -2.66. The standard InChI is InChI=1S/C25H30N4O7/c1-6-36-25(33)20-14(2)18(15(3)26-20)22(30)19-21(16-8-10-17(11-9-16)29(34)35)28(24(32)23(19)31)13-7-12-27(4)5/h8-11,21,26,30H,6-7,12-13H2,1-5H3/b22-19+. The highest BCUT2D eigenvalue weighted by Gasteiger charge is 2.46. The van der Waals surface area contributed by atoms with Crippen LogP contribution in [0.25, 0.3) is 5.76 Å². The number of non-ortho nitro benzene ring substituents is 1. The molecule has 1 aromatic heterocycles. The van der Waals surface area contributed by atoms with E-state index in [2.05, 4.69) is 4.98 Å². The zero-order valence-corrected chi connectivity index (χ0v) is 21.0. The molecule has 2 N–H and O–H groups in total. The number of amides is 1. The van der Waals surface area contributed by atoms with Gasteiger partial charge in [-0.15, -0.1) is 0 Å². The van der Waals surface area contributed by atoms with Gasteiger partial charge in [-0.3, -0.25) is 19.7 Å². The zero-order chi connectivity index (χ0) is 26.7. The van der Waals surface area contributed by atoms with Crippen LogP contribution in [0, 0.1) is 24.0 Å². The van der Waals surface area contributed by atoms with E-state index in [-0.39, 0.29) is 35.7 Å². The molecule has 1 amide bonds. The molecular formula is C25H30N4O7. The van der Waals surface area contributed by atoms with Gasteiger partial charge >= 0.3 is 5.97 Å². The maximum Gasteiger partial charge on any atom is 0.355 e. The molecule has 11 nitrogen and oxygen atoms in total. The highest BCUT2D eigenvalue weighted by molar-refractivity contribution is 6.46. The molecule has 11 heteroatoms. The second kappa shape index (κ2) is 10.7. The molecule has 1 aromatic carbocycles. The van der Waals surface area contributed by atoms with Crippen LogP contribution in [-0.4, -0.2) is 76.3 Å². The predicted octanol–water partition coefficient (Wildman–Crippen LogP) is 3.09. The summed E-state index contributed by atoms with van der Waals surface area (Å²) in [6.07, 6.45) is 0.568. The molecule has 1 atom stereocenters. The van der Waals surface area contributed by atoms with E-state index < -0.39 is 34.4 Å². The van der Waals surface area contributed by atoms with Crippen molar-refractivity contribution >= 4 is 29.1 Å². The minimum Gasteiger partial charge on any atom is -0.507 e. The fraction of sp³-hybridized carbons (Fsp3) is 0.400. The molecule has 2 aromatic rings. The van der Waals surface area contributed by atoms with Gasteiger partial charge in [-0.25, -0.2) is 4.79 Å². The minimum absolute atomic E-state index is 0.139. The third kappa shape index (κ3) is 5.01. The smallest absolute Gasteiger partial charge is 0.355 e. The van der Waals surface area contributed by atoms with Crippen LogP contribution in [0.5, 0.6) is 0 Å². The number of likely N-dealkylation sites (tertiary alicyclic amines) is 1. The molecule has 1 aliphatic heterocycles. The minimum atomic E-state index is -0.951. The van der Waals surface area contributed by atoms with Crippen molar-refractivity contribution in [2.24, 2.45) is 0 Å². The number of nitro benzene ring substituents is 1. The second-order valence-corrected chi connectivity index (χ2v) is 8.84. The summed E-state index contributed by atoms with van der Waals surface area (Å²) in [4.78, 5) is 55.5. The third-order valence-electron chi connectivity index (χ3n) is 6.12. The molecular weight excluding hydrogens is 468 g/mol. The van der Waals surface area contributed by atoms with Crippen LogP contribution in [0.3, 0.4) is 0 Å². The number of aliphatic hydroxyl groups excluding tert-OH is 1. The Labute approximate surface area is 208 Å². The van der Waals surface area contributed by atoms with E-state index in [1.807, 2.05) is 19.0 Å². The van der Waals surface area contributed by atoms with Crippen LogP contribution in [0.15, 0.2) is 29.8 Å². The van der Waals surface area contributed by atoms with Crippen LogP contribution in [0.4, 0.5) is 5.69 Å². The van der Waals surface area contributed by atoms with E-state index in [0.29, 0.717) is 29.8 Å². The van der Waals surface area contributed by atoms with Gasteiger partial charge in [-0.1, -0.05) is 0 Å². The molecule has 0 saturated carbocycles. The number of nitrogens with zero attached hydrogens (tertiary/aromatic N) is 3. The number of aromatic amines is 1. The maximum absolute atomic E-state index is 13.2. The highest BCUT2D eigenvalue weighted by Crippen LogP contribution is 2.41. The number of aryl methyl sites for hydroxylation is 1. The number of nitro groups is 1. The summed E-state index contributed by atoms with van der Waals surface area (Å²) in [6.45, 7) is 5.98. The van der Waals surface area contributed by atoms with Crippen LogP contribution < -0.4 is 0 Å². The van der Waals surface area contributed by atoms with E-state index in [1.54, 1.807) is 20.8 Å². The lowest BCUT2D eigenvalue weighted by atomic mass is 9.94. The molecule has 1 saturated heterocycles. The van der Waals surface area contributed by atoms with Gasteiger partial charge in [0.25, 0.3) is 17.4 Å². The Balaban J connectivity index is 2.17. The van der Waals surface area contributed by atoms with Crippen LogP contribution in [-0.2, 0) is 14.3 Å². The zero-order valence-electron chi connectivity index (χ0n) is 21.0. The molecule has 2 heterocycles. The number of rotatable bonds is 9. The first-order valence-corrected chi connectivity index (χ1v) is 11.5. The lowest BCUT2D eigenvalue weighted by Crippen LogP contribution is -2.32. The summed E-state index contributed by atoms with van der Waals surface area (Å²) in [5.41, 5.74) is 1.35. The Morgan fingerprint density at radius 1 is 1.22 bits per heavy atom. The van der Waals surface area contributed by atoms with Crippen LogP contribution in [0.1, 0.15) is 52.3 Å². The van der Waals surface area contributed by atoms with E-state index >= 15 is 0 Å². The van der Waals surface area contributed by atoms with E-state index in [4.69, 9.17) is 4.74 Å². The topological polar surface area (TPSA) is 146 Å². The van der Waals surface area contributed by atoms with Gasteiger partial charge < -0.3 is 24.6 Å². The number of hydrogen-bond acceptors (Lipinski definition) is 8. The second-order valence-electron chi connectivity index (χ2n) is 8.84. The number of ether oxygens (including phenoxy) is 1. The first kappa shape index (κ1) is 26.6. The van der Waals surface area contributed by atoms with Crippen molar-refractivity contribution in [2.75, 3.05) is 33.8 Å². The van der Waals surface area contributed by atoms with E-state index in [9.17, 15) is 29.6 Å². The summed E-state index contributed by atoms with van der Waals surface area (Å²) in [7, 11) is 3.78. The molecule has 1 aliphatic rings. The first-order chi connectivity index (χ1) is 17.0. The van der Waals surface area contributed by atoms with Crippen molar-refractivity contribution in [3.8, 4) is 0 Å². The van der Waals surface area contributed by atoms with Gasteiger partial charge in [0.15, 0.2) is 0 Å². The fourth-order valence-corrected chi connectivity index (χ4v) is 4.44. The van der Waals surface area contributed by atoms with Gasteiger partial charge in [0.1, 0.15) is 11.5 Å². The average Bonchev–Trinajstić information content (AvgIpc) is 3.26. The van der Waals surface area contributed by atoms with Gasteiger partial charge in [0.05, 0.1) is 23.1 Å². The quantitative estimate of drug-likeness (QED) is 0.134. The van der Waals surface area contributed by atoms with Crippen molar-refractivity contribution in [2.45, 2.75) is 33.2 Å². The molecule has 1 fully saturated rings. The molecule has 0 radical (unpaired) electrons. The molecule has 3 rings (SSSR count). The van der Waals surface area contributed by atoms with Crippen molar-refractivity contribution in [1.82, 2.24) is 14.8 Å². The Morgan fingerprint density at radius 3 is 2.42 bits per heavy atom. The number of carbonyl (C=O) groups excluding carboxylic acids is 3. The lowest BCUT2D eigenvalue weighted by molar-refractivity contribution is -0.384. The molecule has 0 aliphatic carbocycles. The van der Waals surface area contributed by atoms with Crippen molar-refractivity contribution < 1.29 is 29.2 Å². The van der Waals surface area contributed by atoms with Gasteiger partial charge in [-0.05, 0) is 71.1 Å². The number of aliphatic hydroxyl groups is 1.